The number of fused-ring (bicyclic) bond motifs is 1. The molecule has 1 heterocycles. The maximum absolute atomic E-state index is 11.9. The van der Waals surface area contributed by atoms with Gasteiger partial charge in [-0.3, -0.25) is 9.59 Å². The van der Waals surface area contributed by atoms with Crippen LogP contribution >= 0.6 is 0 Å². The Bertz CT molecular complexity index is 676. The number of hydrogen-bond acceptors (Lipinski definition) is 3. The van der Waals surface area contributed by atoms with E-state index >= 15 is 0 Å². The SMILES string of the molecule is CCNC(=O)CCc1cc2cc(OC)ccc2[nH]c1=O. The molecule has 0 fully saturated rings. The Balaban J connectivity index is 2.26. The van der Waals surface area contributed by atoms with Gasteiger partial charge in [0, 0.05) is 29.4 Å². The van der Waals surface area contributed by atoms with Gasteiger partial charge in [-0.2, -0.15) is 0 Å². The van der Waals surface area contributed by atoms with E-state index in [1.807, 2.05) is 25.1 Å². The number of aryl methyl sites for hydroxylation is 1. The van der Waals surface area contributed by atoms with Gasteiger partial charge in [0.1, 0.15) is 5.75 Å². The summed E-state index contributed by atoms with van der Waals surface area (Å²) in [6, 6.07) is 7.28. The van der Waals surface area contributed by atoms with Crippen LogP contribution in [-0.4, -0.2) is 24.5 Å². The van der Waals surface area contributed by atoms with Crippen LogP contribution < -0.4 is 15.6 Å². The number of methoxy groups -OCH3 is 1. The fourth-order valence-electron chi connectivity index (χ4n) is 2.08. The van der Waals surface area contributed by atoms with E-state index in [1.165, 1.54) is 0 Å². The number of rotatable bonds is 5. The summed E-state index contributed by atoms with van der Waals surface area (Å²) < 4.78 is 5.17. The Labute approximate surface area is 117 Å². The topological polar surface area (TPSA) is 71.2 Å². The Kier molecular flexibility index (Phi) is 4.40. The van der Waals surface area contributed by atoms with Crippen LogP contribution in [0.2, 0.25) is 0 Å². The van der Waals surface area contributed by atoms with Crippen molar-refractivity contribution >= 4 is 16.8 Å². The fraction of sp³-hybridized carbons (Fsp3) is 0.333. The zero-order valence-electron chi connectivity index (χ0n) is 11.7. The molecule has 0 aliphatic heterocycles. The lowest BCUT2D eigenvalue weighted by atomic mass is 10.1. The van der Waals surface area contributed by atoms with E-state index in [0.717, 1.165) is 16.7 Å². The molecule has 1 amide bonds. The van der Waals surface area contributed by atoms with Gasteiger partial charge in [0.05, 0.1) is 7.11 Å². The monoisotopic (exact) mass is 274 g/mol. The van der Waals surface area contributed by atoms with Crippen LogP contribution in [-0.2, 0) is 11.2 Å². The number of carbonyl (C=O) groups is 1. The first-order chi connectivity index (χ1) is 9.63. The van der Waals surface area contributed by atoms with Gasteiger partial charge in [0.15, 0.2) is 0 Å². The van der Waals surface area contributed by atoms with E-state index in [1.54, 1.807) is 13.2 Å². The van der Waals surface area contributed by atoms with Crippen molar-refractivity contribution in [3.63, 3.8) is 0 Å². The third-order valence-electron chi connectivity index (χ3n) is 3.12. The van der Waals surface area contributed by atoms with Crippen molar-refractivity contribution in [1.29, 1.82) is 0 Å². The molecular formula is C15H18N2O3. The molecule has 20 heavy (non-hydrogen) atoms. The molecule has 0 aliphatic rings. The molecule has 106 valence electrons. The molecule has 1 aromatic carbocycles. The Morgan fingerprint density at radius 1 is 1.35 bits per heavy atom. The van der Waals surface area contributed by atoms with Crippen molar-refractivity contribution in [2.45, 2.75) is 19.8 Å². The average molecular weight is 274 g/mol. The van der Waals surface area contributed by atoms with E-state index in [0.29, 0.717) is 24.9 Å². The summed E-state index contributed by atoms with van der Waals surface area (Å²) in [5.74, 6) is 0.692. The summed E-state index contributed by atoms with van der Waals surface area (Å²) in [6.45, 7) is 2.47. The second-order valence-electron chi connectivity index (χ2n) is 4.53. The summed E-state index contributed by atoms with van der Waals surface area (Å²) in [5, 5.41) is 3.62. The second kappa shape index (κ2) is 6.23. The van der Waals surface area contributed by atoms with Gasteiger partial charge in [-0.25, -0.2) is 0 Å². The number of amides is 1. The smallest absolute Gasteiger partial charge is 0.251 e. The largest absolute Gasteiger partial charge is 0.497 e. The molecule has 5 nitrogen and oxygen atoms in total. The van der Waals surface area contributed by atoms with Crippen LogP contribution in [0.1, 0.15) is 18.9 Å². The molecule has 1 aromatic heterocycles. The predicted octanol–water partition coefficient (Wildman–Crippen LogP) is 1.61. The van der Waals surface area contributed by atoms with Crippen LogP contribution in [0, 0.1) is 0 Å². The molecule has 5 heteroatoms. The lowest BCUT2D eigenvalue weighted by Crippen LogP contribution is -2.24. The molecule has 0 saturated heterocycles. The third-order valence-corrected chi connectivity index (χ3v) is 3.12. The van der Waals surface area contributed by atoms with Crippen molar-refractivity contribution < 1.29 is 9.53 Å². The summed E-state index contributed by atoms with van der Waals surface area (Å²) in [4.78, 5) is 26.2. The lowest BCUT2D eigenvalue weighted by molar-refractivity contribution is -0.120. The Morgan fingerprint density at radius 2 is 2.15 bits per heavy atom. The van der Waals surface area contributed by atoms with Crippen LogP contribution in [0.5, 0.6) is 5.75 Å². The summed E-state index contributed by atoms with van der Waals surface area (Å²) in [6.07, 6.45) is 0.737. The van der Waals surface area contributed by atoms with Gasteiger partial charge in [-0.05, 0) is 37.6 Å². The van der Waals surface area contributed by atoms with Gasteiger partial charge in [-0.15, -0.1) is 0 Å². The molecule has 0 atom stereocenters. The number of ether oxygens (including phenoxy) is 1. The van der Waals surface area contributed by atoms with Crippen LogP contribution in [0.4, 0.5) is 0 Å². The molecule has 0 aliphatic carbocycles. The standard InChI is InChI=1S/C15H18N2O3/c1-3-16-14(18)7-4-10-8-11-9-12(20-2)5-6-13(11)17-15(10)19/h5-6,8-9H,3-4,7H2,1-2H3,(H,16,18)(H,17,19). The van der Waals surface area contributed by atoms with Gasteiger partial charge in [0.25, 0.3) is 5.56 Å². The molecule has 0 spiro atoms. The third kappa shape index (κ3) is 3.17. The first-order valence-electron chi connectivity index (χ1n) is 6.60. The normalized spacial score (nSPS) is 10.5. The highest BCUT2D eigenvalue weighted by Gasteiger charge is 2.07. The van der Waals surface area contributed by atoms with E-state index < -0.39 is 0 Å². The number of aromatic amines is 1. The quantitative estimate of drug-likeness (QED) is 0.870. The molecule has 0 unspecified atom stereocenters. The van der Waals surface area contributed by atoms with Crippen molar-refractivity contribution in [2.75, 3.05) is 13.7 Å². The average Bonchev–Trinajstić information content (AvgIpc) is 2.45. The minimum absolute atomic E-state index is 0.0439. The van der Waals surface area contributed by atoms with E-state index in [2.05, 4.69) is 10.3 Å². The highest BCUT2D eigenvalue weighted by Crippen LogP contribution is 2.19. The highest BCUT2D eigenvalue weighted by atomic mass is 16.5. The summed E-state index contributed by atoms with van der Waals surface area (Å²) in [7, 11) is 1.60. The molecule has 0 saturated carbocycles. The van der Waals surface area contributed by atoms with Crippen molar-refractivity contribution in [1.82, 2.24) is 10.3 Å². The minimum atomic E-state index is -0.146. The molecule has 2 rings (SSSR count). The summed E-state index contributed by atoms with van der Waals surface area (Å²) in [5.41, 5.74) is 1.22. The zero-order valence-corrected chi connectivity index (χ0v) is 11.7. The van der Waals surface area contributed by atoms with E-state index in [4.69, 9.17) is 4.74 Å². The minimum Gasteiger partial charge on any atom is -0.497 e. The molecule has 2 aromatic rings. The number of hydrogen-bond donors (Lipinski definition) is 2. The Morgan fingerprint density at radius 3 is 2.85 bits per heavy atom. The summed E-state index contributed by atoms with van der Waals surface area (Å²) >= 11 is 0. The molecule has 0 radical (unpaired) electrons. The first kappa shape index (κ1) is 14.1. The fourth-order valence-corrected chi connectivity index (χ4v) is 2.08. The number of benzene rings is 1. The van der Waals surface area contributed by atoms with Gasteiger partial charge < -0.3 is 15.0 Å². The number of carbonyl (C=O) groups excluding carboxylic acids is 1. The van der Waals surface area contributed by atoms with Crippen molar-refractivity contribution in [3.05, 3.63) is 40.2 Å². The van der Waals surface area contributed by atoms with E-state index in [9.17, 15) is 9.59 Å². The van der Waals surface area contributed by atoms with Crippen LogP contribution in [0.3, 0.4) is 0 Å². The van der Waals surface area contributed by atoms with Crippen LogP contribution in [0.25, 0.3) is 10.9 Å². The highest BCUT2D eigenvalue weighted by molar-refractivity contribution is 5.81. The maximum Gasteiger partial charge on any atom is 0.251 e. The molecular weight excluding hydrogens is 256 g/mol. The van der Waals surface area contributed by atoms with Gasteiger partial charge in [0.2, 0.25) is 5.91 Å². The van der Waals surface area contributed by atoms with Gasteiger partial charge >= 0.3 is 0 Å². The van der Waals surface area contributed by atoms with Gasteiger partial charge in [-0.1, -0.05) is 0 Å². The number of pyridine rings is 1. The lowest BCUT2D eigenvalue weighted by Gasteiger charge is -2.05. The molecule has 0 bridgehead atoms. The van der Waals surface area contributed by atoms with E-state index in [-0.39, 0.29) is 11.5 Å². The number of nitrogens with one attached hydrogen (secondary N) is 2. The Hall–Kier alpha value is -2.30. The first-order valence-corrected chi connectivity index (χ1v) is 6.60. The zero-order chi connectivity index (χ0) is 14.5. The number of aromatic nitrogens is 1. The number of H-pyrrole nitrogens is 1. The van der Waals surface area contributed by atoms with Crippen molar-refractivity contribution in [2.24, 2.45) is 0 Å². The maximum atomic E-state index is 11.9. The predicted molar refractivity (Wildman–Crippen MR) is 78.1 cm³/mol. The van der Waals surface area contributed by atoms with Crippen molar-refractivity contribution in [3.8, 4) is 5.75 Å². The second-order valence-corrected chi connectivity index (χ2v) is 4.53. The van der Waals surface area contributed by atoms with Crippen LogP contribution in [0.15, 0.2) is 29.1 Å². The molecule has 2 N–H and O–H groups in total.